The molecule has 4 nitrogen and oxygen atoms in total. The van der Waals surface area contributed by atoms with Crippen LogP contribution in [0.15, 0.2) is 18.2 Å². The number of aromatic hydroxyl groups is 1. The van der Waals surface area contributed by atoms with Gasteiger partial charge < -0.3 is 20.1 Å². The third kappa shape index (κ3) is 1.75. The molecular weight excluding hydrogens is 252 g/mol. The van der Waals surface area contributed by atoms with Crippen LogP contribution in [0.1, 0.15) is 37.2 Å². The standard InChI is InChI=1S/C16H22N2O2/c19-12-4-5-15-13(11-12)14-3-1-2-6-16(14,17-15)18-7-9-20-10-8-18/h4-5,11,14,17,19H,1-3,6-10H2/p+1/t14-,16-/m0/s1. The van der Waals surface area contributed by atoms with Gasteiger partial charge in [0.15, 0.2) is 5.66 Å². The summed E-state index contributed by atoms with van der Waals surface area (Å²) >= 11 is 0. The zero-order valence-corrected chi connectivity index (χ0v) is 11.8. The lowest BCUT2D eigenvalue weighted by Gasteiger charge is -2.46. The molecule has 0 spiro atoms. The van der Waals surface area contributed by atoms with E-state index in [1.807, 2.05) is 12.1 Å². The van der Waals surface area contributed by atoms with Gasteiger partial charge in [0.1, 0.15) is 18.8 Å². The van der Waals surface area contributed by atoms with Crippen LogP contribution in [0.25, 0.3) is 0 Å². The lowest BCUT2D eigenvalue weighted by molar-refractivity contribution is -0.958. The van der Waals surface area contributed by atoms with Crippen molar-refractivity contribution >= 4 is 5.69 Å². The molecule has 20 heavy (non-hydrogen) atoms. The summed E-state index contributed by atoms with van der Waals surface area (Å²) in [5, 5.41) is 13.7. The first-order valence-electron chi connectivity index (χ1n) is 7.84. The Morgan fingerprint density at radius 2 is 2.10 bits per heavy atom. The molecule has 0 amide bonds. The highest BCUT2D eigenvalue weighted by Crippen LogP contribution is 2.48. The second-order valence-corrected chi connectivity index (χ2v) is 6.38. The maximum absolute atomic E-state index is 9.83. The predicted octanol–water partition coefficient (Wildman–Crippen LogP) is 1.09. The molecule has 4 rings (SSSR count). The number of ether oxygens (including phenoxy) is 1. The first kappa shape index (κ1) is 12.5. The highest BCUT2D eigenvalue weighted by Gasteiger charge is 2.54. The molecule has 2 fully saturated rings. The van der Waals surface area contributed by atoms with E-state index >= 15 is 0 Å². The Bertz CT molecular complexity index is 513. The molecule has 0 aromatic heterocycles. The molecule has 1 aromatic carbocycles. The van der Waals surface area contributed by atoms with E-state index in [9.17, 15) is 5.11 Å². The van der Waals surface area contributed by atoms with E-state index in [1.165, 1.54) is 36.9 Å². The van der Waals surface area contributed by atoms with Crippen LogP contribution < -0.4 is 10.2 Å². The van der Waals surface area contributed by atoms with Gasteiger partial charge in [-0.05, 0) is 36.6 Å². The van der Waals surface area contributed by atoms with Gasteiger partial charge in [0, 0.05) is 12.1 Å². The van der Waals surface area contributed by atoms with E-state index < -0.39 is 0 Å². The lowest BCUT2D eigenvalue weighted by Crippen LogP contribution is -3.23. The molecule has 1 saturated heterocycles. The minimum Gasteiger partial charge on any atom is -0.508 e. The van der Waals surface area contributed by atoms with Crippen LogP contribution in [0.5, 0.6) is 5.75 Å². The average Bonchev–Trinajstić information content (AvgIpc) is 2.83. The largest absolute Gasteiger partial charge is 0.508 e. The quantitative estimate of drug-likeness (QED) is 0.672. The Morgan fingerprint density at radius 1 is 1.25 bits per heavy atom. The number of phenols is 1. The lowest BCUT2D eigenvalue weighted by atomic mass is 9.76. The van der Waals surface area contributed by atoms with Gasteiger partial charge in [-0.3, -0.25) is 0 Å². The summed E-state index contributed by atoms with van der Waals surface area (Å²) in [4.78, 5) is 1.64. The monoisotopic (exact) mass is 275 g/mol. The van der Waals surface area contributed by atoms with Crippen molar-refractivity contribution in [3.05, 3.63) is 23.8 Å². The second-order valence-electron chi connectivity index (χ2n) is 6.38. The number of phenolic OH excluding ortho intramolecular Hbond substituents is 1. The van der Waals surface area contributed by atoms with Gasteiger partial charge in [0.05, 0.1) is 19.1 Å². The zero-order valence-electron chi connectivity index (χ0n) is 11.8. The van der Waals surface area contributed by atoms with Crippen LogP contribution >= 0.6 is 0 Å². The topological polar surface area (TPSA) is 45.9 Å². The molecule has 0 bridgehead atoms. The molecule has 1 aliphatic carbocycles. The minimum absolute atomic E-state index is 0.137. The second kappa shape index (κ2) is 4.64. The molecule has 108 valence electrons. The number of hydrogen-bond acceptors (Lipinski definition) is 3. The summed E-state index contributed by atoms with van der Waals surface area (Å²) in [6.07, 6.45) is 5.05. The van der Waals surface area contributed by atoms with E-state index in [0.717, 1.165) is 26.3 Å². The van der Waals surface area contributed by atoms with Crippen molar-refractivity contribution in [2.75, 3.05) is 31.6 Å². The number of anilines is 1. The maximum Gasteiger partial charge on any atom is 0.178 e. The van der Waals surface area contributed by atoms with Crippen molar-refractivity contribution in [3.63, 3.8) is 0 Å². The van der Waals surface area contributed by atoms with E-state index in [4.69, 9.17) is 4.74 Å². The van der Waals surface area contributed by atoms with Gasteiger partial charge >= 0.3 is 0 Å². The summed E-state index contributed by atoms with van der Waals surface area (Å²) in [6.45, 7) is 3.91. The molecule has 1 aromatic rings. The summed E-state index contributed by atoms with van der Waals surface area (Å²) in [7, 11) is 0. The van der Waals surface area contributed by atoms with Crippen molar-refractivity contribution in [2.24, 2.45) is 0 Å². The first-order chi connectivity index (χ1) is 9.79. The Kier molecular flexibility index (Phi) is 2.89. The van der Waals surface area contributed by atoms with Crippen molar-refractivity contribution < 1.29 is 14.7 Å². The summed E-state index contributed by atoms with van der Waals surface area (Å²) in [6, 6.07) is 5.82. The Balaban J connectivity index is 1.74. The van der Waals surface area contributed by atoms with Crippen molar-refractivity contribution in [2.45, 2.75) is 37.3 Å². The van der Waals surface area contributed by atoms with Gasteiger partial charge in [0.25, 0.3) is 0 Å². The molecule has 2 atom stereocenters. The molecule has 3 aliphatic rings. The number of hydrogen-bond donors (Lipinski definition) is 3. The van der Waals surface area contributed by atoms with Crippen LogP contribution in [0, 0.1) is 0 Å². The van der Waals surface area contributed by atoms with Crippen LogP contribution in [0.3, 0.4) is 0 Å². The van der Waals surface area contributed by atoms with Crippen LogP contribution in [-0.4, -0.2) is 37.1 Å². The highest BCUT2D eigenvalue weighted by molar-refractivity contribution is 5.62. The fraction of sp³-hybridized carbons (Fsp3) is 0.625. The number of nitrogens with one attached hydrogen (secondary N) is 2. The van der Waals surface area contributed by atoms with Gasteiger partial charge in [-0.1, -0.05) is 6.42 Å². The van der Waals surface area contributed by atoms with E-state index in [1.54, 1.807) is 11.0 Å². The Labute approximate surface area is 119 Å². The van der Waals surface area contributed by atoms with Gasteiger partial charge in [-0.25, -0.2) is 0 Å². The SMILES string of the molecule is Oc1ccc2c(c1)[C@@H]1CCCC[C@@]1([NH+]1CCOCC1)N2. The van der Waals surface area contributed by atoms with Crippen molar-refractivity contribution in [1.29, 1.82) is 0 Å². The predicted molar refractivity (Wildman–Crippen MR) is 77.2 cm³/mol. The summed E-state index contributed by atoms with van der Waals surface area (Å²) in [5.74, 6) is 0.926. The number of rotatable bonds is 1. The number of quaternary nitrogens is 1. The third-order valence-corrected chi connectivity index (χ3v) is 5.40. The Hall–Kier alpha value is -1.26. The molecular formula is C16H23N2O2+. The molecule has 2 heterocycles. The number of morpholine rings is 1. The van der Waals surface area contributed by atoms with Crippen molar-refractivity contribution in [3.8, 4) is 5.75 Å². The number of benzene rings is 1. The smallest absolute Gasteiger partial charge is 0.178 e. The van der Waals surface area contributed by atoms with Gasteiger partial charge in [0.2, 0.25) is 0 Å². The first-order valence-corrected chi connectivity index (χ1v) is 7.84. The molecule has 3 N–H and O–H groups in total. The van der Waals surface area contributed by atoms with Gasteiger partial charge in [-0.2, -0.15) is 0 Å². The third-order valence-electron chi connectivity index (χ3n) is 5.40. The van der Waals surface area contributed by atoms with E-state index in [0.29, 0.717) is 11.7 Å². The average molecular weight is 275 g/mol. The summed E-state index contributed by atoms with van der Waals surface area (Å²) < 4.78 is 5.54. The normalized spacial score (nSPS) is 33.3. The van der Waals surface area contributed by atoms with Crippen molar-refractivity contribution in [1.82, 2.24) is 0 Å². The zero-order chi connectivity index (χ0) is 13.6. The number of fused-ring (bicyclic) bond motifs is 3. The van der Waals surface area contributed by atoms with Crippen LogP contribution in [-0.2, 0) is 4.74 Å². The fourth-order valence-corrected chi connectivity index (χ4v) is 4.51. The molecule has 1 saturated carbocycles. The van der Waals surface area contributed by atoms with E-state index in [2.05, 4.69) is 5.32 Å². The fourth-order valence-electron chi connectivity index (χ4n) is 4.51. The van der Waals surface area contributed by atoms with E-state index in [-0.39, 0.29) is 5.66 Å². The van der Waals surface area contributed by atoms with Crippen LogP contribution in [0.4, 0.5) is 5.69 Å². The maximum atomic E-state index is 9.83. The molecule has 2 aliphatic heterocycles. The molecule has 4 heteroatoms. The highest BCUT2D eigenvalue weighted by atomic mass is 16.5. The summed E-state index contributed by atoms with van der Waals surface area (Å²) in [5.41, 5.74) is 2.69. The molecule has 0 unspecified atom stereocenters. The minimum atomic E-state index is 0.137. The Morgan fingerprint density at radius 3 is 2.95 bits per heavy atom. The molecule has 0 radical (unpaired) electrons. The van der Waals surface area contributed by atoms with Gasteiger partial charge in [-0.15, -0.1) is 0 Å². The van der Waals surface area contributed by atoms with Crippen LogP contribution in [0.2, 0.25) is 0 Å².